The van der Waals surface area contributed by atoms with Crippen LogP contribution in [-0.2, 0) is 6.54 Å². The summed E-state index contributed by atoms with van der Waals surface area (Å²) < 4.78 is 5.69. The number of nitrogens with one attached hydrogen (secondary N) is 1. The van der Waals surface area contributed by atoms with Gasteiger partial charge in [-0.15, -0.1) is 0 Å². The van der Waals surface area contributed by atoms with Crippen LogP contribution in [-0.4, -0.2) is 55.7 Å². The molecule has 0 atom stereocenters. The molecule has 1 amide bonds. The molecule has 6 heteroatoms. The fourth-order valence-corrected chi connectivity index (χ4v) is 4.31. The van der Waals surface area contributed by atoms with E-state index in [1.807, 2.05) is 49.4 Å². The highest BCUT2D eigenvalue weighted by Gasteiger charge is 2.19. The van der Waals surface area contributed by atoms with Gasteiger partial charge in [0.25, 0.3) is 5.91 Å². The molecule has 1 aliphatic rings. The minimum absolute atomic E-state index is 0.0118. The van der Waals surface area contributed by atoms with Gasteiger partial charge in [0.2, 0.25) is 0 Å². The lowest BCUT2D eigenvalue weighted by molar-refractivity contribution is 0.0953. The number of hydrogen-bond donors (Lipinski definition) is 2. The summed E-state index contributed by atoms with van der Waals surface area (Å²) in [7, 11) is 1.70. The van der Waals surface area contributed by atoms with Gasteiger partial charge >= 0.3 is 0 Å². The average Bonchev–Trinajstić information content (AvgIpc) is 2.88. The quantitative estimate of drug-likeness (QED) is 0.518. The normalized spacial score (nSPS) is 14.1. The summed E-state index contributed by atoms with van der Waals surface area (Å²) in [6.45, 7) is 7.35. The number of carbonyl (C=O) groups is 1. The minimum Gasteiger partial charge on any atom is -0.508 e. The highest BCUT2D eigenvalue weighted by Crippen LogP contribution is 2.30. The highest BCUT2D eigenvalue weighted by atomic mass is 16.5. The van der Waals surface area contributed by atoms with Gasteiger partial charge in [-0.05, 0) is 60.0 Å². The van der Waals surface area contributed by atoms with Crippen LogP contribution in [0.4, 0.5) is 5.69 Å². The molecule has 2 N–H and O–H groups in total. The van der Waals surface area contributed by atoms with Crippen LogP contribution in [0.2, 0.25) is 0 Å². The second-order valence-electron chi connectivity index (χ2n) is 8.64. The molecule has 3 aromatic carbocycles. The Morgan fingerprint density at radius 1 is 0.971 bits per heavy atom. The van der Waals surface area contributed by atoms with Crippen LogP contribution in [0.25, 0.3) is 11.1 Å². The largest absolute Gasteiger partial charge is 0.508 e. The Morgan fingerprint density at radius 2 is 1.71 bits per heavy atom. The summed E-state index contributed by atoms with van der Waals surface area (Å²) in [6, 6.07) is 21.4. The van der Waals surface area contributed by atoms with Crippen LogP contribution in [0.15, 0.2) is 66.7 Å². The summed E-state index contributed by atoms with van der Waals surface area (Å²) in [5.41, 5.74) is 5.00. The van der Waals surface area contributed by atoms with Crippen molar-refractivity contribution in [1.29, 1.82) is 0 Å². The molecular weight excluding hydrogens is 426 g/mol. The van der Waals surface area contributed by atoms with Crippen LogP contribution < -0.4 is 15.0 Å². The SMILES string of the molecule is CCCNC(=O)c1ccc(N2CCN(Cc3ccc(-c4cccc(O)c4)cc3OC)CC2)cc1. The molecule has 4 rings (SSSR count). The van der Waals surface area contributed by atoms with Crippen molar-refractivity contribution in [2.75, 3.05) is 44.7 Å². The number of phenolic OH excluding ortho intramolecular Hbond substituents is 1. The summed E-state index contributed by atoms with van der Waals surface area (Å²) in [6.07, 6.45) is 0.932. The van der Waals surface area contributed by atoms with Gasteiger partial charge < -0.3 is 20.1 Å². The third-order valence-corrected chi connectivity index (χ3v) is 6.26. The molecular formula is C28H33N3O3. The Hall–Kier alpha value is -3.51. The molecule has 1 fully saturated rings. The summed E-state index contributed by atoms with van der Waals surface area (Å²) in [5, 5.41) is 12.7. The zero-order valence-electron chi connectivity index (χ0n) is 20.0. The number of hydrogen-bond acceptors (Lipinski definition) is 5. The van der Waals surface area contributed by atoms with Gasteiger partial charge in [-0.25, -0.2) is 0 Å². The minimum atomic E-state index is -0.0118. The molecule has 0 radical (unpaired) electrons. The Labute approximate surface area is 201 Å². The van der Waals surface area contributed by atoms with E-state index in [0.29, 0.717) is 12.1 Å². The fraction of sp³-hybridized carbons (Fsp3) is 0.321. The zero-order chi connectivity index (χ0) is 23.9. The second-order valence-corrected chi connectivity index (χ2v) is 8.64. The number of benzene rings is 3. The molecule has 0 bridgehead atoms. The molecule has 0 saturated carbocycles. The van der Waals surface area contributed by atoms with Crippen molar-refractivity contribution in [2.24, 2.45) is 0 Å². The first kappa shape index (κ1) is 23.6. The van der Waals surface area contributed by atoms with E-state index < -0.39 is 0 Å². The smallest absolute Gasteiger partial charge is 0.251 e. The zero-order valence-corrected chi connectivity index (χ0v) is 20.0. The molecule has 1 heterocycles. The van der Waals surface area contributed by atoms with Gasteiger partial charge in [0.1, 0.15) is 11.5 Å². The number of carbonyl (C=O) groups excluding carboxylic acids is 1. The molecule has 178 valence electrons. The maximum Gasteiger partial charge on any atom is 0.251 e. The standard InChI is InChI=1S/C28H33N3O3/c1-3-13-29-28(33)21-9-11-25(12-10-21)31-16-14-30(15-17-31)20-24-8-7-23(19-27(24)34-2)22-5-4-6-26(32)18-22/h4-12,18-19,32H,3,13-17,20H2,1-2H3,(H,29,33). The van der Waals surface area contributed by atoms with E-state index in [0.717, 1.165) is 67.3 Å². The molecule has 0 unspecified atom stereocenters. The van der Waals surface area contributed by atoms with Crippen molar-refractivity contribution in [3.05, 3.63) is 77.9 Å². The first-order chi connectivity index (χ1) is 16.6. The molecule has 1 saturated heterocycles. The second kappa shape index (κ2) is 11.1. The first-order valence-electron chi connectivity index (χ1n) is 11.9. The number of methoxy groups -OCH3 is 1. The van der Waals surface area contributed by atoms with Crippen molar-refractivity contribution in [2.45, 2.75) is 19.9 Å². The summed E-state index contributed by atoms with van der Waals surface area (Å²) in [5.74, 6) is 1.11. The number of rotatable bonds is 8. The van der Waals surface area contributed by atoms with Gasteiger partial charge in [0.05, 0.1) is 7.11 Å². The highest BCUT2D eigenvalue weighted by molar-refractivity contribution is 5.94. The van der Waals surface area contributed by atoms with Crippen LogP contribution in [0.5, 0.6) is 11.5 Å². The van der Waals surface area contributed by atoms with E-state index in [2.05, 4.69) is 27.2 Å². The number of ether oxygens (including phenoxy) is 1. The van der Waals surface area contributed by atoms with Crippen LogP contribution in [0.3, 0.4) is 0 Å². The third kappa shape index (κ3) is 5.69. The average molecular weight is 460 g/mol. The monoisotopic (exact) mass is 459 g/mol. The van der Waals surface area contributed by atoms with Crippen molar-refractivity contribution in [3.63, 3.8) is 0 Å². The number of amides is 1. The van der Waals surface area contributed by atoms with Crippen molar-refractivity contribution in [3.8, 4) is 22.6 Å². The maximum absolute atomic E-state index is 12.1. The third-order valence-electron chi connectivity index (χ3n) is 6.26. The summed E-state index contributed by atoms with van der Waals surface area (Å²) in [4.78, 5) is 16.9. The van der Waals surface area contributed by atoms with E-state index in [1.54, 1.807) is 19.2 Å². The van der Waals surface area contributed by atoms with Crippen LogP contribution in [0, 0.1) is 0 Å². The van der Waals surface area contributed by atoms with Crippen LogP contribution >= 0.6 is 0 Å². The van der Waals surface area contributed by atoms with Gasteiger partial charge in [-0.3, -0.25) is 9.69 Å². The Bertz CT molecular complexity index is 1110. The Kier molecular flexibility index (Phi) is 7.70. The molecule has 6 nitrogen and oxygen atoms in total. The van der Waals surface area contributed by atoms with E-state index in [-0.39, 0.29) is 11.7 Å². The number of aromatic hydroxyl groups is 1. The molecule has 34 heavy (non-hydrogen) atoms. The van der Waals surface area contributed by atoms with Gasteiger partial charge in [0, 0.05) is 56.1 Å². The molecule has 0 aliphatic carbocycles. The maximum atomic E-state index is 12.1. The summed E-state index contributed by atoms with van der Waals surface area (Å²) >= 11 is 0. The fourth-order valence-electron chi connectivity index (χ4n) is 4.31. The van der Waals surface area contributed by atoms with E-state index in [9.17, 15) is 9.90 Å². The Balaban J connectivity index is 1.35. The molecule has 3 aromatic rings. The lowest BCUT2D eigenvalue weighted by Crippen LogP contribution is -2.46. The molecule has 1 aliphatic heterocycles. The van der Waals surface area contributed by atoms with Crippen molar-refractivity contribution >= 4 is 11.6 Å². The van der Waals surface area contributed by atoms with E-state index in [1.165, 1.54) is 0 Å². The predicted octanol–water partition coefficient (Wildman–Crippen LogP) is 4.53. The predicted molar refractivity (Wildman–Crippen MR) is 137 cm³/mol. The first-order valence-corrected chi connectivity index (χ1v) is 11.9. The molecule has 0 aromatic heterocycles. The van der Waals surface area contributed by atoms with Gasteiger partial charge in [0.15, 0.2) is 0 Å². The molecule has 0 spiro atoms. The Morgan fingerprint density at radius 3 is 2.38 bits per heavy atom. The van der Waals surface area contributed by atoms with Crippen molar-refractivity contribution in [1.82, 2.24) is 10.2 Å². The van der Waals surface area contributed by atoms with Crippen molar-refractivity contribution < 1.29 is 14.6 Å². The van der Waals surface area contributed by atoms with Crippen LogP contribution in [0.1, 0.15) is 29.3 Å². The van der Waals surface area contributed by atoms with E-state index >= 15 is 0 Å². The topological polar surface area (TPSA) is 65.0 Å². The number of piperazine rings is 1. The van der Waals surface area contributed by atoms with Gasteiger partial charge in [-0.1, -0.05) is 31.2 Å². The van der Waals surface area contributed by atoms with Gasteiger partial charge in [-0.2, -0.15) is 0 Å². The number of anilines is 1. The lowest BCUT2D eigenvalue weighted by atomic mass is 10.0. The number of phenols is 1. The lowest BCUT2D eigenvalue weighted by Gasteiger charge is -2.36. The number of nitrogens with zero attached hydrogens (tertiary/aromatic N) is 2. The van der Waals surface area contributed by atoms with E-state index in [4.69, 9.17) is 4.74 Å².